The van der Waals surface area contributed by atoms with Gasteiger partial charge in [0.1, 0.15) is 12.6 Å². The van der Waals surface area contributed by atoms with E-state index >= 15 is 0 Å². The second kappa shape index (κ2) is 6.86. The normalized spacial score (nSPS) is 22.4. The summed E-state index contributed by atoms with van der Waals surface area (Å²) in [6.07, 6.45) is 5.40. The Balaban J connectivity index is 1.86. The van der Waals surface area contributed by atoms with Crippen LogP contribution in [0.2, 0.25) is 5.02 Å². The highest BCUT2D eigenvalue weighted by Gasteiger charge is 2.31. The summed E-state index contributed by atoms with van der Waals surface area (Å²) in [5.74, 6) is 0.307. The lowest BCUT2D eigenvalue weighted by atomic mass is 9.72. The summed E-state index contributed by atoms with van der Waals surface area (Å²) in [5.41, 5.74) is 0.0566. The van der Waals surface area contributed by atoms with Crippen LogP contribution in [0, 0.1) is 11.3 Å². The molecule has 0 radical (unpaired) electrons. The van der Waals surface area contributed by atoms with E-state index in [1.54, 1.807) is 0 Å². The van der Waals surface area contributed by atoms with Crippen LogP contribution in [0.4, 0.5) is 0 Å². The summed E-state index contributed by atoms with van der Waals surface area (Å²) in [4.78, 5) is 23.6. The molecule has 1 saturated carbocycles. The third-order valence-electron chi connectivity index (χ3n) is 4.44. The molecule has 0 saturated heterocycles. The molecule has 1 aromatic rings. The van der Waals surface area contributed by atoms with Gasteiger partial charge in [0.25, 0.3) is 5.56 Å². The summed E-state index contributed by atoms with van der Waals surface area (Å²) in [6, 6.07) is 2.86. The van der Waals surface area contributed by atoms with E-state index in [9.17, 15) is 9.59 Å². The molecule has 4 nitrogen and oxygen atoms in total. The first kappa shape index (κ1) is 17.1. The monoisotopic (exact) mass is 325 g/mol. The fourth-order valence-electron chi connectivity index (χ4n) is 3.03. The van der Waals surface area contributed by atoms with Crippen LogP contribution in [0.5, 0.6) is 0 Å². The zero-order valence-corrected chi connectivity index (χ0v) is 14.2. The minimum Gasteiger partial charge on any atom is -0.461 e. The standard InChI is InChI=1S/C17H24ClNO3/c1-17(2,3)12-4-7-14(8-5-12)22-16(21)11-19-10-13(18)6-9-15(19)20/h6,9-10,12,14H,4-5,7-8,11H2,1-3H3. The molecule has 0 bridgehead atoms. The number of hydrogen-bond donors (Lipinski definition) is 0. The number of ether oxygens (including phenoxy) is 1. The number of halogens is 1. The van der Waals surface area contributed by atoms with Crippen LogP contribution in [0.3, 0.4) is 0 Å². The van der Waals surface area contributed by atoms with Gasteiger partial charge in [-0.05, 0) is 43.1 Å². The average molecular weight is 326 g/mol. The van der Waals surface area contributed by atoms with Crippen molar-refractivity contribution in [2.24, 2.45) is 11.3 Å². The van der Waals surface area contributed by atoms with Crippen LogP contribution < -0.4 is 5.56 Å². The Bertz CT molecular complexity index is 580. The maximum Gasteiger partial charge on any atom is 0.326 e. The van der Waals surface area contributed by atoms with E-state index in [2.05, 4.69) is 20.8 Å². The number of esters is 1. The molecule has 0 spiro atoms. The Morgan fingerprint density at radius 3 is 2.50 bits per heavy atom. The molecule has 22 heavy (non-hydrogen) atoms. The molecule has 1 aromatic heterocycles. The summed E-state index contributed by atoms with van der Waals surface area (Å²) >= 11 is 5.84. The second-order valence-corrected chi connectivity index (χ2v) is 7.58. The number of carbonyl (C=O) groups is 1. The molecule has 1 heterocycles. The Morgan fingerprint density at radius 1 is 1.27 bits per heavy atom. The van der Waals surface area contributed by atoms with Gasteiger partial charge in [-0.15, -0.1) is 0 Å². The highest BCUT2D eigenvalue weighted by molar-refractivity contribution is 6.30. The Hall–Kier alpha value is -1.29. The number of rotatable bonds is 3. The SMILES string of the molecule is CC(C)(C)C1CCC(OC(=O)Cn2cc(Cl)ccc2=O)CC1. The van der Waals surface area contributed by atoms with E-state index in [0.29, 0.717) is 16.4 Å². The van der Waals surface area contributed by atoms with E-state index < -0.39 is 0 Å². The van der Waals surface area contributed by atoms with E-state index in [4.69, 9.17) is 16.3 Å². The average Bonchev–Trinajstić information content (AvgIpc) is 2.42. The Morgan fingerprint density at radius 2 is 1.91 bits per heavy atom. The topological polar surface area (TPSA) is 48.3 Å². The third kappa shape index (κ3) is 4.60. The van der Waals surface area contributed by atoms with Crippen molar-refractivity contribution in [1.29, 1.82) is 0 Å². The molecular formula is C17H24ClNO3. The van der Waals surface area contributed by atoms with Crippen LogP contribution in [0.25, 0.3) is 0 Å². The summed E-state index contributed by atoms with van der Waals surface area (Å²) in [5, 5.41) is 0.429. The fourth-order valence-corrected chi connectivity index (χ4v) is 3.22. The lowest BCUT2D eigenvalue weighted by Gasteiger charge is -2.36. The van der Waals surface area contributed by atoms with E-state index in [0.717, 1.165) is 25.7 Å². The van der Waals surface area contributed by atoms with Crippen molar-refractivity contribution in [3.63, 3.8) is 0 Å². The van der Waals surface area contributed by atoms with E-state index in [1.165, 1.54) is 22.9 Å². The predicted octanol–water partition coefficient (Wildman–Crippen LogP) is 3.65. The smallest absolute Gasteiger partial charge is 0.326 e. The van der Waals surface area contributed by atoms with Crippen LogP contribution in [0.15, 0.2) is 23.1 Å². The quantitative estimate of drug-likeness (QED) is 0.797. The predicted molar refractivity (Wildman–Crippen MR) is 87.0 cm³/mol. The molecule has 1 aliphatic rings. The molecule has 0 amide bonds. The van der Waals surface area contributed by atoms with Gasteiger partial charge >= 0.3 is 5.97 Å². The lowest BCUT2D eigenvalue weighted by Crippen LogP contribution is -2.32. The number of nitrogens with zero attached hydrogens (tertiary/aromatic N) is 1. The number of aromatic nitrogens is 1. The molecule has 0 aromatic carbocycles. The van der Waals surface area contributed by atoms with Gasteiger partial charge in [0.05, 0.1) is 5.02 Å². The molecule has 1 aliphatic carbocycles. The summed E-state index contributed by atoms with van der Waals surface area (Å²) in [6.45, 7) is 6.69. The second-order valence-electron chi connectivity index (χ2n) is 7.14. The van der Waals surface area contributed by atoms with Crippen molar-refractivity contribution in [1.82, 2.24) is 4.57 Å². The van der Waals surface area contributed by atoms with Gasteiger partial charge in [0.15, 0.2) is 0 Å². The number of carbonyl (C=O) groups excluding carboxylic acids is 1. The van der Waals surface area contributed by atoms with Gasteiger partial charge in [-0.25, -0.2) is 0 Å². The molecule has 0 unspecified atom stereocenters. The van der Waals surface area contributed by atoms with Gasteiger partial charge < -0.3 is 9.30 Å². The van der Waals surface area contributed by atoms with Gasteiger partial charge in [0, 0.05) is 12.3 Å². The third-order valence-corrected chi connectivity index (χ3v) is 4.67. The van der Waals surface area contributed by atoms with Crippen molar-refractivity contribution in [3.05, 3.63) is 33.7 Å². The number of pyridine rings is 1. The summed E-state index contributed by atoms with van der Waals surface area (Å²) in [7, 11) is 0. The molecule has 1 fully saturated rings. The molecular weight excluding hydrogens is 302 g/mol. The zero-order valence-electron chi connectivity index (χ0n) is 13.5. The van der Waals surface area contributed by atoms with Crippen LogP contribution in [0.1, 0.15) is 46.5 Å². The molecule has 0 N–H and O–H groups in total. The molecule has 2 rings (SSSR count). The van der Waals surface area contributed by atoms with Crippen molar-refractivity contribution in [3.8, 4) is 0 Å². The molecule has 5 heteroatoms. The fraction of sp³-hybridized carbons (Fsp3) is 0.647. The highest BCUT2D eigenvalue weighted by atomic mass is 35.5. The first-order valence-corrected chi connectivity index (χ1v) is 8.19. The van der Waals surface area contributed by atoms with Gasteiger partial charge in [-0.3, -0.25) is 9.59 Å². The van der Waals surface area contributed by atoms with E-state index in [1.807, 2.05) is 0 Å². The van der Waals surface area contributed by atoms with Crippen molar-refractivity contribution >= 4 is 17.6 Å². The highest BCUT2D eigenvalue weighted by Crippen LogP contribution is 2.38. The summed E-state index contributed by atoms with van der Waals surface area (Å²) < 4.78 is 6.79. The van der Waals surface area contributed by atoms with Gasteiger partial charge in [-0.1, -0.05) is 32.4 Å². The van der Waals surface area contributed by atoms with Crippen LogP contribution >= 0.6 is 11.6 Å². The largest absolute Gasteiger partial charge is 0.461 e. The Kier molecular flexibility index (Phi) is 5.32. The van der Waals surface area contributed by atoms with Gasteiger partial charge in [0.2, 0.25) is 0 Å². The molecule has 122 valence electrons. The zero-order chi connectivity index (χ0) is 16.3. The first-order valence-electron chi connectivity index (χ1n) is 7.81. The maximum atomic E-state index is 12.0. The van der Waals surface area contributed by atoms with E-state index in [-0.39, 0.29) is 24.2 Å². The van der Waals surface area contributed by atoms with Crippen molar-refractivity contribution < 1.29 is 9.53 Å². The van der Waals surface area contributed by atoms with Crippen molar-refractivity contribution in [2.45, 2.75) is 59.1 Å². The lowest BCUT2D eigenvalue weighted by molar-refractivity contribution is -0.152. The van der Waals surface area contributed by atoms with Crippen molar-refractivity contribution in [2.75, 3.05) is 0 Å². The van der Waals surface area contributed by atoms with Gasteiger partial charge in [-0.2, -0.15) is 0 Å². The molecule has 0 aliphatic heterocycles. The van der Waals surface area contributed by atoms with Crippen LogP contribution in [-0.2, 0) is 16.1 Å². The molecule has 0 atom stereocenters. The van der Waals surface area contributed by atoms with Crippen LogP contribution in [-0.4, -0.2) is 16.6 Å². The minimum atomic E-state index is -0.372. The number of hydrogen-bond acceptors (Lipinski definition) is 3. The minimum absolute atomic E-state index is 0.0269. The first-order chi connectivity index (χ1) is 10.3. The maximum absolute atomic E-state index is 12.0. The Labute approximate surface area is 136 Å².